The second-order valence-electron chi connectivity index (χ2n) is 4.84. The van der Waals surface area contributed by atoms with Crippen LogP contribution in [0.1, 0.15) is 26.7 Å². The Hall–Kier alpha value is -1.79. The van der Waals surface area contributed by atoms with E-state index in [-0.39, 0.29) is 24.3 Å². The van der Waals surface area contributed by atoms with Crippen LogP contribution in [0, 0.1) is 5.92 Å². The van der Waals surface area contributed by atoms with Crippen molar-refractivity contribution in [2.45, 2.75) is 38.8 Å². The van der Waals surface area contributed by atoms with Crippen LogP contribution in [0.15, 0.2) is 0 Å². The number of carbonyl (C=O) groups is 3. The number of rotatable bonds is 5. The van der Waals surface area contributed by atoms with Gasteiger partial charge in [-0.1, -0.05) is 13.8 Å². The smallest absolute Gasteiger partial charge is 0.326 e. The van der Waals surface area contributed by atoms with Gasteiger partial charge in [0.2, 0.25) is 5.91 Å². The maximum atomic E-state index is 11.6. The third kappa shape index (κ3) is 4.60. The molecular weight excluding hydrogens is 238 g/mol. The van der Waals surface area contributed by atoms with Gasteiger partial charge in [-0.25, -0.2) is 9.59 Å². The minimum absolute atomic E-state index is 0.114. The van der Waals surface area contributed by atoms with E-state index in [1.165, 1.54) is 0 Å². The average molecular weight is 257 g/mol. The molecule has 0 saturated carbocycles. The van der Waals surface area contributed by atoms with Crippen LogP contribution in [-0.2, 0) is 9.59 Å². The molecule has 2 unspecified atom stereocenters. The molecule has 0 aromatic rings. The van der Waals surface area contributed by atoms with Crippen molar-refractivity contribution in [1.29, 1.82) is 0 Å². The highest BCUT2D eigenvalue weighted by molar-refractivity contribution is 5.84. The Morgan fingerprint density at radius 2 is 2.17 bits per heavy atom. The van der Waals surface area contributed by atoms with E-state index in [2.05, 4.69) is 16.0 Å². The number of nitrogens with one attached hydrogen (secondary N) is 3. The topological polar surface area (TPSA) is 108 Å². The zero-order valence-electron chi connectivity index (χ0n) is 10.5. The van der Waals surface area contributed by atoms with Crippen molar-refractivity contribution in [3.63, 3.8) is 0 Å². The normalized spacial score (nSPS) is 20.4. The van der Waals surface area contributed by atoms with Crippen LogP contribution in [0.2, 0.25) is 0 Å². The van der Waals surface area contributed by atoms with Gasteiger partial charge in [0.25, 0.3) is 0 Å². The van der Waals surface area contributed by atoms with Gasteiger partial charge in [0, 0.05) is 13.0 Å². The second-order valence-corrected chi connectivity index (χ2v) is 4.84. The summed E-state index contributed by atoms with van der Waals surface area (Å²) in [5, 5.41) is 16.5. The molecule has 1 saturated heterocycles. The van der Waals surface area contributed by atoms with Gasteiger partial charge >= 0.3 is 12.0 Å². The van der Waals surface area contributed by atoms with Crippen LogP contribution in [0.5, 0.6) is 0 Å². The number of aliphatic carboxylic acids is 1. The summed E-state index contributed by atoms with van der Waals surface area (Å²) in [6, 6.07) is -1.73. The highest BCUT2D eigenvalue weighted by Gasteiger charge is 2.25. The summed E-state index contributed by atoms with van der Waals surface area (Å²) in [5.41, 5.74) is 0. The monoisotopic (exact) mass is 257 g/mol. The van der Waals surface area contributed by atoms with E-state index < -0.39 is 18.0 Å². The lowest BCUT2D eigenvalue weighted by molar-refractivity contribution is -0.139. The van der Waals surface area contributed by atoms with Crippen LogP contribution in [0.3, 0.4) is 0 Å². The minimum Gasteiger partial charge on any atom is -0.480 e. The summed E-state index contributed by atoms with van der Waals surface area (Å²) >= 11 is 0. The molecule has 7 nitrogen and oxygen atoms in total. The summed E-state index contributed by atoms with van der Waals surface area (Å²) < 4.78 is 0. The van der Waals surface area contributed by atoms with E-state index in [9.17, 15) is 14.4 Å². The Morgan fingerprint density at radius 3 is 2.61 bits per heavy atom. The van der Waals surface area contributed by atoms with Crippen LogP contribution in [-0.4, -0.2) is 41.6 Å². The molecule has 1 aliphatic rings. The molecule has 4 N–H and O–H groups in total. The first-order valence-corrected chi connectivity index (χ1v) is 5.95. The van der Waals surface area contributed by atoms with E-state index >= 15 is 0 Å². The van der Waals surface area contributed by atoms with Gasteiger partial charge in [0.15, 0.2) is 0 Å². The standard InChI is InChI=1S/C11H19N3O4/c1-6(2)3-8(10(16)17)14-11(18)13-7-4-9(15)12-5-7/h6-8H,3-5H2,1-2H3,(H,12,15)(H,16,17)(H2,13,14,18). The number of amides is 3. The fourth-order valence-corrected chi connectivity index (χ4v) is 1.79. The molecule has 1 fully saturated rings. The van der Waals surface area contributed by atoms with Gasteiger partial charge in [-0.15, -0.1) is 0 Å². The molecule has 0 aliphatic carbocycles. The Bertz CT molecular complexity index is 343. The Morgan fingerprint density at radius 1 is 1.50 bits per heavy atom. The van der Waals surface area contributed by atoms with Crippen molar-refractivity contribution < 1.29 is 19.5 Å². The Kier molecular flexibility index (Phi) is 4.94. The number of hydrogen-bond donors (Lipinski definition) is 4. The van der Waals surface area contributed by atoms with Crippen LogP contribution in [0.25, 0.3) is 0 Å². The predicted molar refractivity (Wildman–Crippen MR) is 64.0 cm³/mol. The minimum atomic E-state index is -1.06. The fraction of sp³-hybridized carbons (Fsp3) is 0.727. The Balaban J connectivity index is 2.41. The molecule has 3 amide bonds. The summed E-state index contributed by atoms with van der Waals surface area (Å²) in [7, 11) is 0. The average Bonchev–Trinajstić information content (AvgIpc) is 2.62. The van der Waals surface area contributed by atoms with Crippen LogP contribution >= 0.6 is 0 Å². The number of urea groups is 1. The fourth-order valence-electron chi connectivity index (χ4n) is 1.79. The lowest BCUT2D eigenvalue weighted by Crippen LogP contribution is -2.49. The predicted octanol–water partition coefficient (Wildman–Crippen LogP) is -0.327. The third-order valence-corrected chi connectivity index (χ3v) is 2.62. The van der Waals surface area contributed by atoms with Gasteiger partial charge in [-0.2, -0.15) is 0 Å². The number of hydrogen-bond acceptors (Lipinski definition) is 3. The second kappa shape index (κ2) is 6.23. The summed E-state index contributed by atoms with van der Waals surface area (Å²) in [6.45, 7) is 4.15. The van der Waals surface area contributed by atoms with E-state index in [1.807, 2.05) is 13.8 Å². The van der Waals surface area contributed by atoms with Crippen LogP contribution in [0.4, 0.5) is 4.79 Å². The molecule has 2 atom stereocenters. The first-order chi connectivity index (χ1) is 8.38. The van der Waals surface area contributed by atoms with Crippen LogP contribution < -0.4 is 16.0 Å². The molecule has 0 aromatic carbocycles. The molecule has 18 heavy (non-hydrogen) atoms. The molecule has 1 aliphatic heterocycles. The number of carbonyl (C=O) groups excluding carboxylic acids is 2. The molecule has 0 aromatic heterocycles. The summed E-state index contributed by atoms with van der Waals surface area (Å²) in [6.07, 6.45) is 0.597. The van der Waals surface area contributed by atoms with Crippen molar-refractivity contribution in [3.05, 3.63) is 0 Å². The van der Waals surface area contributed by atoms with E-state index in [1.54, 1.807) is 0 Å². The molecule has 0 spiro atoms. The summed E-state index contributed by atoms with van der Waals surface area (Å²) in [5.74, 6) is -1.00. The first-order valence-electron chi connectivity index (χ1n) is 5.95. The maximum Gasteiger partial charge on any atom is 0.326 e. The quantitative estimate of drug-likeness (QED) is 0.541. The van der Waals surface area contributed by atoms with Gasteiger partial charge in [0.05, 0.1) is 6.04 Å². The van der Waals surface area contributed by atoms with Crippen molar-refractivity contribution in [2.75, 3.05) is 6.54 Å². The van der Waals surface area contributed by atoms with Crippen molar-refractivity contribution in [1.82, 2.24) is 16.0 Å². The lowest BCUT2D eigenvalue weighted by Gasteiger charge is -2.18. The molecule has 1 heterocycles. The number of carboxylic acids is 1. The van der Waals surface area contributed by atoms with E-state index in [4.69, 9.17) is 5.11 Å². The van der Waals surface area contributed by atoms with Gasteiger partial charge < -0.3 is 21.1 Å². The maximum absolute atomic E-state index is 11.6. The Labute approximate surface area is 105 Å². The van der Waals surface area contributed by atoms with Gasteiger partial charge in [-0.05, 0) is 12.3 Å². The van der Waals surface area contributed by atoms with Crippen molar-refractivity contribution in [2.24, 2.45) is 5.92 Å². The van der Waals surface area contributed by atoms with Gasteiger partial charge in [-0.3, -0.25) is 4.79 Å². The highest BCUT2D eigenvalue weighted by atomic mass is 16.4. The molecule has 102 valence electrons. The first kappa shape index (κ1) is 14.3. The van der Waals surface area contributed by atoms with Gasteiger partial charge in [0.1, 0.15) is 6.04 Å². The highest BCUT2D eigenvalue weighted by Crippen LogP contribution is 2.05. The summed E-state index contributed by atoms with van der Waals surface area (Å²) in [4.78, 5) is 33.5. The number of carboxylic acid groups (broad SMARTS) is 1. The molecule has 0 bridgehead atoms. The third-order valence-electron chi connectivity index (χ3n) is 2.62. The SMILES string of the molecule is CC(C)CC(NC(=O)NC1CNC(=O)C1)C(=O)O. The van der Waals surface area contributed by atoms with Crippen molar-refractivity contribution >= 4 is 17.9 Å². The molecule has 7 heteroatoms. The molecule has 0 radical (unpaired) electrons. The zero-order valence-corrected chi connectivity index (χ0v) is 10.5. The van der Waals surface area contributed by atoms with Crippen molar-refractivity contribution in [3.8, 4) is 0 Å². The van der Waals surface area contributed by atoms with E-state index in [0.717, 1.165) is 0 Å². The zero-order chi connectivity index (χ0) is 13.7. The largest absolute Gasteiger partial charge is 0.480 e. The van der Waals surface area contributed by atoms with E-state index in [0.29, 0.717) is 13.0 Å². The molecular formula is C11H19N3O4. The lowest BCUT2D eigenvalue weighted by atomic mass is 10.0. The molecule has 1 rings (SSSR count).